The monoisotopic (exact) mass is 512 g/mol. The first-order valence-corrected chi connectivity index (χ1v) is 11.7. The molecule has 0 unspecified atom stereocenters. The number of ether oxygens (including phenoxy) is 1. The van der Waals surface area contributed by atoms with Gasteiger partial charge in [0.1, 0.15) is 0 Å². The molecule has 7 nitrogen and oxygen atoms in total. The zero-order valence-electron chi connectivity index (χ0n) is 17.8. The molecule has 4 rings (SSSR count). The van der Waals surface area contributed by atoms with Crippen LogP contribution in [0.3, 0.4) is 0 Å². The molecule has 180 valence electrons. The summed E-state index contributed by atoms with van der Waals surface area (Å²) in [4.78, 5) is 29.1. The van der Waals surface area contributed by atoms with Gasteiger partial charge in [-0.15, -0.1) is 11.3 Å². The molecule has 3 heterocycles. The summed E-state index contributed by atoms with van der Waals surface area (Å²) in [6, 6.07) is 5.56. The van der Waals surface area contributed by atoms with Crippen LogP contribution in [0, 0.1) is 0 Å². The predicted octanol–water partition coefficient (Wildman–Crippen LogP) is 4.23. The van der Waals surface area contributed by atoms with E-state index in [9.17, 15) is 22.8 Å². The summed E-state index contributed by atoms with van der Waals surface area (Å²) in [5, 5.41) is 7.79. The van der Waals surface area contributed by atoms with Crippen LogP contribution in [0.15, 0.2) is 30.6 Å². The Morgan fingerprint density at radius 2 is 2.03 bits per heavy atom. The fourth-order valence-corrected chi connectivity index (χ4v) is 4.91. The van der Waals surface area contributed by atoms with Crippen molar-refractivity contribution in [3.05, 3.63) is 56.6 Å². The summed E-state index contributed by atoms with van der Waals surface area (Å²) >= 11 is 7.44. The standard InChI is InChI=1S/C22H20ClF3N4O3S/c23-17-5-3-14(34-17)6-9-27-8-1-11-30-19(20(31)33-21(32)22(24,25)26)16-4-2-13-12-28-10-7-15(13)18(16)29-30/h3,5,7,10,12,27H,1-2,4,6,8-9,11H2. The van der Waals surface area contributed by atoms with Gasteiger partial charge in [-0.1, -0.05) is 11.6 Å². The number of nitrogens with zero attached hydrogens (tertiary/aromatic N) is 3. The molecular formula is C22H20ClF3N4O3S. The SMILES string of the molecule is O=C(OC(=O)C(F)(F)F)c1c2c(nn1CCCNCCc1ccc(Cl)s1)-c1ccncc1CC2. The maximum absolute atomic E-state index is 12.7. The lowest BCUT2D eigenvalue weighted by molar-refractivity contribution is -0.193. The molecule has 0 aromatic carbocycles. The maximum Gasteiger partial charge on any atom is 0.491 e. The van der Waals surface area contributed by atoms with Gasteiger partial charge in [0.2, 0.25) is 0 Å². The van der Waals surface area contributed by atoms with E-state index in [1.807, 2.05) is 12.1 Å². The van der Waals surface area contributed by atoms with Crippen LogP contribution in [0.1, 0.15) is 32.9 Å². The predicted molar refractivity (Wildman–Crippen MR) is 120 cm³/mol. The minimum absolute atomic E-state index is 0.122. The minimum atomic E-state index is -5.27. The summed E-state index contributed by atoms with van der Waals surface area (Å²) in [5.74, 6) is -3.90. The van der Waals surface area contributed by atoms with Gasteiger partial charge in [-0.05, 0) is 62.5 Å². The molecule has 1 N–H and O–H groups in total. The molecule has 0 saturated carbocycles. The van der Waals surface area contributed by atoms with Gasteiger partial charge in [-0.2, -0.15) is 18.3 Å². The molecule has 0 amide bonds. The van der Waals surface area contributed by atoms with E-state index in [1.165, 1.54) is 16.0 Å². The van der Waals surface area contributed by atoms with Gasteiger partial charge >= 0.3 is 18.1 Å². The second-order valence-electron chi connectivity index (χ2n) is 7.67. The highest BCUT2D eigenvalue weighted by Crippen LogP contribution is 2.34. The third kappa shape index (κ3) is 5.48. The number of alkyl halides is 3. The number of nitrogens with one attached hydrogen (secondary N) is 1. The summed E-state index contributed by atoms with van der Waals surface area (Å²) in [7, 11) is 0. The summed E-state index contributed by atoms with van der Waals surface area (Å²) in [6.45, 7) is 1.58. The largest absolute Gasteiger partial charge is 0.491 e. The number of esters is 2. The van der Waals surface area contributed by atoms with E-state index < -0.39 is 18.1 Å². The Morgan fingerprint density at radius 3 is 2.76 bits per heavy atom. The molecule has 0 aliphatic heterocycles. The van der Waals surface area contributed by atoms with Crippen LogP contribution in [-0.2, 0) is 35.3 Å². The van der Waals surface area contributed by atoms with E-state index in [0.717, 1.165) is 33.3 Å². The number of halogens is 4. The molecule has 0 saturated heterocycles. The average Bonchev–Trinajstić information content (AvgIpc) is 3.38. The molecular weight excluding hydrogens is 493 g/mol. The zero-order chi connectivity index (χ0) is 24.3. The first-order chi connectivity index (χ1) is 16.2. The first-order valence-electron chi connectivity index (χ1n) is 10.5. The molecule has 1 aliphatic rings. The third-order valence-corrected chi connectivity index (χ3v) is 6.66. The molecule has 3 aromatic heterocycles. The molecule has 3 aromatic rings. The fourth-order valence-electron chi connectivity index (χ4n) is 3.83. The molecule has 0 spiro atoms. The van der Waals surface area contributed by atoms with Crippen molar-refractivity contribution in [1.82, 2.24) is 20.1 Å². The Hall–Kier alpha value is -2.76. The lowest BCUT2D eigenvalue weighted by Crippen LogP contribution is -2.29. The van der Waals surface area contributed by atoms with Crippen LogP contribution in [0.25, 0.3) is 11.3 Å². The van der Waals surface area contributed by atoms with Crippen LogP contribution in [0.2, 0.25) is 4.34 Å². The number of hydrogen-bond acceptors (Lipinski definition) is 7. The molecule has 12 heteroatoms. The fraction of sp³-hybridized carbons (Fsp3) is 0.364. The van der Waals surface area contributed by atoms with E-state index in [0.29, 0.717) is 37.1 Å². The highest BCUT2D eigenvalue weighted by atomic mass is 35.5. The number of fused-ring (bicyclic) bond motifs is 3. The number of carbonyl (C=O) groups is 2. The first kappa shape index (κ1) is 24.4. The highest BCUT2D eigenvalue weighted by Gasteiger charge is 2.43. The Kier molecular flexibility index (Phi) is 7.34. The number of aryl methyl sites for hydroxylation is 2. The van der Waals surface area contributed by atoms with Crippen molar-refractivity contribution in [1.29, 1.82) is 0 Å². The van der Waals surface area contributed by atoms with Crippen LogP contribution in [0.4, 0.5) is 13.2 Å². The Balaban J connectivity index is 1.47. The van der Waals surface area contributed by atoms with Crippen LogP contribution in [-0.4, -0.2) is 46.0 Å². The number of carbonyl (C=O) groups excluding carboxylic acids is 2. The van der Waals surface area contributed by atoms with Crippen molar-refractivity contribution in [3.63, 3.8) is 0 Å². The van der Waals surface area contributed by atoms with E-state index in [1.54, 1.807) is 18.5 Å². The van der Waals surface area contributed by atoms with Gasteiger partial charge in [0.25, 0.3) is 0 Å². The van der Waals surface area contributed by atoms with Gasteiger partial charge < -0.3 is 10.1 Å². The Labute approximate surface area is 201 Å². The van der Waals surface area contributed by atoms with Gasteiger partial charge in [0.15, 0.2) is 5.69 Å². The minimum Gasteiger partial charge on any atom is -0.381 e. The third-order valence-electron chi connectivity index (χ3n) is 5.36. The quantitative estimate of drug-likeness (QED) is 0.276. The number of hydrogen-bond donors (Lipinski definition) is 1. The number of pyridine rings is 1. The van der Waals surface area contributed by atoms with Crippen molar-refractivity contribution < 1.29 is 27.5 Å². The van der Waals surface area contributed by atoms with E-state index in [4.69, 9.17) is 11.6 Å². The van der Waals surface area contributed by atoms with Crippen molar-refractivity contribution in [2.45, 2.75) is 38.4 Å². The highest BCUT2D eigenvalue weighted by molar-refractivity contribution is 7.16. The molecule has 0 atom stereocenters. The van der Waals surface area contributed by atoms with Crippen LogP contribution < -0.4 is 5.32 Å². The van der Waals surface area contributed by atoms with Crippen LogP contribution in [0.5, 0.6) is 0 Å². The number of aromatic nitrogens is 3. The topological polar surface area (TPSA) is 86.1 Å². The zero-order valence-corrected chi connectivity index (χ0v) is 19.4. The van der Waals surface area contributed by atoms with E-state index in [2.05, 4.69) is 20.1 Å². The Bertz CT molecular complexity index is 1210. The summed E-state index contributed by atoms with van der Waals surface area (Å²) in [6.07, 6.45) is 0.313. The second kappa shape index (κ2) is 10.2. The summed E-state index contributed by atoms with van der Waals surface area (Å²) in [5.41, 5.74) is 2.54. The van der Waals surface area contributed by atoms with Gasteiger partial charge in [-0.25, -0.2) is 9.59 Å². The molecule has 1 aliphatic carbocycles. The van der Waals surface area contributed by atoms with Gasteiger partial charge in [-0.3, -0.25) is 9.67 Å². The van der Waals surface area contributed by atoms with E-state index >= 15 is 0 Å². The van der Waals surface area contributed by atoms with Crippen molar-refractivity contribution >= 4 is 34.9 Å². The van der Waals surface area contributed by atoms with E-state index in [-0.39, 0.29) is 12.2 Å². The molecule has 0 radical (unpaired) electrons. The molecule has 34 heavy (non-hydrogen) atoms. The van der Waals surface area contributed by atoms with Crippen LogP contribution >= 0.6 is 22.9 Å². The molecule has 0 fully saturated rings. The van der Waals surface area contributed by atoms with Gasteiger partial charge in [0, 0.05) is 34.9 Å². The average molecular weight is 513 g/mol. The smallest absolute Gasteiger partial charge is 0.381 e. The molecule has 0 bridgehead atoms. The lowest BCUT2D eigenvalue weighted by atomic mass is 9.90. The van der Waals surface area contributed by atoms with Crippen molar-refractivity contribution in [3.8, 4) is 11.3 Å². The Morgan fingerprint density at radius 1 is 1.21 bits per heavy atom. The van der Waals surface area contributed by atoms with Crippen molar-refractivity contribution in [2.75, 3.05) is 13.1 Å². The second-order valence-corrected chi connectivity index (χ2v) is 9.47. The lowest BCUT2D eigenvalue weighted by Gasteiger charge is -2.15. The maximum atomic E-state index is 12.7. The number of thiophene rings is 1. The van der Waals surface area contributed by atoms with Crippen molar-refractivity contribution in [2.24, 2.45) is 0 Å². The summed E-state index contributed by atoms with van der Waals surface area (Å²) < 4.78 is 44.2. The number of rotatable bonds is 8. The normalized spacial score (nSPS) is 12.8. The van der Waals surface area contributed by atoms with Gasteiger partial charge in [0.05, 0.1) is 10.0 Å².